The molecule has 0 atom stereocenters. The molecule has 3 heteroatoms. The summed E-state index contributed by atoms with van der Waals surface area (Å²) >= 11 is 0. The number of nitrogens with zero attached hydrogens (tertiary/aromatic N) is 2. The summed E-state index contributed by atoms with van der Waals surface area (Å²) in [7, 11) is 5.10. The molecule has 0 N–H and O–H groups in total. The van der Waals surface area contributed by atoms with Crippen molar-refractivity contribution in [2.24, 2.45) is 0 Å². The summed E-state index contributed by atoms with van der Waals surface area (Å²) in [6.45, 7) is 0. The standard InChI is InChI=1S/C7H11BN2/c1-10(2)8-7-3-5-9-6-4-7/h3-6,8H,1-2H3. The lowest BCUT2D eigenvalue weighted by Gasteiger charge is -2.05. The van der Waals surface area contributed by atoms with Gasteiger partial charge in [-0.3, -0.25) is 4.98 Å². The summed E-state index contributed by atoms with van der Waals surface area (Å²) in [5.41, 5.74) is 1.31. The summed E-state index contributed by atoms with van der Waals surface area (Å²) < 4.78 is 0. The monoisotopic (exact) mass is 134 g/mol. The average Bonchev–Trinajstić information content (AvgIpc) is 1.88. The SMILES string of the molecule is CN(C)Bc1ccncc1. The van der Waals surface area contributed by atoms with E-state index in [0.717, 1.165) is 7.41 Å². The number of hydrogen-bond donors (Lipinski definition) is 0. The molecule has 1 aromatic heterocycles. The predicted molar refractivity (Wildman–Crippen MR) is 44.7 cm³/mol. The van der Waals surface area contributed by atoms with Crippen LogP contribution in [-0.4, -0.2) is 31.3 Å². The van der Waals surface area contributed by atoms with Crippen LogP contribution < -0.4 is 5.46 Å². The Hall–Kier alpha value is -0.825. The van der Waals surface area contributed by atoms with Crippen molar-refractivity contribution in [3.05, 3.63) is 24.5 Å². The highest BCUT2D eigenvalue weighted by Gasteiger charge is 1.94. The Kier molecular flexibility index (Phi) is 2.45. The zero-order valence-electron chi connectivity index (χ0n) is 6.41. The molecule has 52 valence electrons. The minimum atomic E-state index is 0.989. The van der Waals surface area contributed by atoms with Crippen LogP contribution in [0.15, 0.2) is 24.5 Å². The summed E-state index contributed by atoms with van der Waals surface area (Å²) in [5, 5.41) is 0. The topological polar surface area (TPSA) is 16.1 Å². The van der Waals surface area contributed by atoms with Gasteiger partial charge in [0.2, 0.25) is 7.41 Å². The van der Waals surface area contributed by atoms with Crippen molar-refractivity contribution >= 4 is 12.9 Å². The second-order valence-electron chi connectivity index (χ2n) is 2.59. The molecule has 0 saturated heterocycles. The van der Waals surface area contributed by atoms with E-state index < -0.39 is 0 Å². The summed E-state index contributed by atoms with van der Waals surface area (Å²) in [5.74, 6) is 0. The van der Waals surface area contributed by atoms with Crippen molar-refractivity contribution in [2.75, 3.05) is 14.1 Å². The van der Waals surface area contributed by atoms with Gasteiger partial charge in [-0.25, -0.2) is 0 Å². The molecular formula is C7H11BN2. The molecule has 2 nitrogen and oxygen atoms in total. The van der Waals surface area contributed by atoms with E-state index in [2.05, 4.69) is 23.9 Å². The first-order valence-electron chi connectivity index (χ1n) is 3.32. The fourth-order valence-corrected chi connectivity index (χ4v) is 0.853. The summed E-state index contributed by atoms with van der Waals surface area (Å²) in [4.78, 5) is 6.07. The lowest BCUT2D eigenvalue weighted by Crippen LogP contribution is -2.28. The van der Waals surface area contributed by atoms with Gasteiger partial charge in [0.25, 0.3) is 0 Å². The Morgan fingerprint density at radius 2 is 1.90 bits per heavy atom. The van der Waals surface area contributed by atoms with E-state index in [1.54, 1.807) is 0 Å². The molecule has 0 saturated carbocycles. The van der Waals surface area contributed by atoms with Crippen LogP contribution in [0.1, 0.15) is 0 Å². The molecule has 0 amide bonds. The van der Waals surface area contributed by atoms with Gasteiger partial charge >= 0.3 is 0 Å². The quantitative estimate of drug-likeness (QED) is 0.512. The molecule has 10 heavy (non-hydrogen) atoms. The molecule has 0 radical (unpaired) electrons. The second-order valence-corrected chi connectivity index (χ2v) is 2.59. The van der Waals surface area contributed by atoms with Crippen LogP contribution >= 0.6 is 0 Å². The average molecular weight is 134 g/mol. The fourth-order valence-electron chi connectivity index (χ4n) is 0.853. The number of pyridine rings is 1. The molecule has 1 aromatic rings. The van der Waals surface area contributed by atoms with Gasteiger partial charge in [-0.05, 0) is 26.2 Å². The number of hydrogen-bond acceptors (Lipinski definition) is 2. The molecule has 0 unspecified atom stereocenters. The molecule has 0 bridgehead atoms. The summed E-state index contributed by atoms with van der Waals surface area (Å²) in [6.07, 6.45) is 3.64. The largest absolute Gasteiger partial charge is 0.346 e. The van der Waals surface area contributed by atoms with Crippen molar-refractivity contribution < 1.29 is 0 Å². The van der Waals surface area contributed by atoms with Crippen LogP contribution in [0.2, 0.25) is 0 Å². The number of aromatic nitrogens is 1. The second kappa shape index (κ2) is 3.37. The van der Waals surface area contributed by atoms with E-state index in [9.17, 15) is 0 Å². The van der Waals surface area contributed by atoms with Gasteiger partial charge in [-0.2, -0.15) is 0 Å². The van der Waals surface area contributed by atoms with Crippen LogP contribution in [-0.2, 0) is 0 Å². The Balaban J connectivity index is 2.59. The van der Waals surface area contributed by atoms with Gasteiger partial charge in [0, 0.05) is 12.4 Å². The predicted octanol–water partition coefficient (Wildman–Crippen LogP) is -0.380. The van der Waals surface area contributed by atoms with Crippen molar-refractivity contribution in [1.29, 1.82) is 0 Å². The van der Waals surface area contributed by atoms with Crippen molar-refractivity contribution in [3.63, 3.8) is 0 Å². The van der Waals surface area contributed by atoms with E-state index in [1.165, 1.54) is 5.46 Å². The first-order chi connectivity index (χ1) is 4.79. The van der Waals surface area contributed by atoms with Gasteiger partial charge in [0.05, 0.1) is 0 Å². The third kappa shape index (κ3) is 2.19. The van der Waals surface area contributed by atoms with E-state index in [-0.39, 0.29) is 0 Å². The molecule has 0 aliphatic carbocycles. The Morgan fingerprint density at radius 3 is 2.40 bits per heavy atom. The molecule has 0 spiro atoms. The fraction of sp³-hybridized carbons (Fsp3) is 0.286. The van der Waals surface area contributed by atoms with E-state index >= 15 is 0 Å². The van der Waals surface area contributed by atoms with Crippen molar-refractivity contribution in [3.8, 4) is 0 Å². The minimum Gasteiger partial charge on any atom is -0.346 e. The van der Waals surface area contributed by atoms with Crippen molar-refractivity contribution in [2.45, 2.75) is 0 Å². The molecule has 0 aliphatic heterocycles. The van der Waals surface area contributed by atoms with E-state index in [1.807, 2.05) is 24.5 Å². The zero-order valence-corrected chi connectivity index (χ0v) is 6.41. The van der Waals surface area contributed by atoms with Gasteiger partial charge in [-0.15, -0.1) is 0 Å². The lowest BCUT2D eigenvalue weighted by molar-refractivity contribution is 0.669. The molecular weight excluding hydrogens is 123 g/mol. The van der Waals surface area contributed by atoms with Crippen molar-refractivity contribution in [1.82, 2.24) is 9.79 Å². The van der Waals surface area contributed by atoms with E-state index in [0.29, 0.717) is 0 Å². The molecule has 0 fully saturated rings. The Bertz CT molecular complexity index is 186. The lowest BCUT2D eigenvalue weighted by atomic mass is 9.82. The van der Waals surface area contributed by atoms with Gasteiger partial charge < -0.3 is 4.81 Å². The maximum absolute atomic E-state index is 3.93. The third-order valence-electron chi connectivity index (χ3n) is 1.25. The first-order valence-corrected chi connectivity index (χ1v) is 3.32. The highest BCUT2D eigenvalue weighted by molar-refractivity contribution is 6.50. The normalized spacial score (nSPS) is 9.90. The van der Waals surface area contributed by atoms with Crippen LogP contribution in [0.5, 0.6) is 0 Å². The first kappa shape index (κ1) is 7.28. The number of rotatable bonds is 2. The molecule has 1 heterocycles. The minimum absolute atomic E-state index is 0.989. The molecule has 0 aromatic carbocycles. The molecule has 0 aliphatic rings. The van der Waals surface area contributed by atoms with Crippen LogP contribution in [0.4, 0.5) is 0 Å². The smallest absolute Gasteiger partial charge is 0.238 e. The van der Waals surface area contributed by atoms with Crippen LogP contribution in [0.3, 0.4) is 0 Å². The van der Waals surface area contributed by atoms with Gasteiger partial charge in [0.15, 0.2) is 0 Å². The van der Waals surface area contributed by atoms with Crippen LogP contribution in [0, 0.1) is 0 Å². The van der Waals surface area contributed by atoms with E-state index in [4.69, 9.17) is 0 Å². The Labute approximate surface area is 62.2 Å². The highest BCUT2D eigenvalue weighted by Crippen LogP contribution is 1.77. The summed E-state index contributed by atoms with van der Waals surface area (Å²) in [6, 6.07) is 4.06. The van der Waals surface area contributed by atoms with Crippen LogP contribution in [0.25, 0.3) is 0 Å². The Morgan fingerprint density at radius 1 is 1.30 bits per heavy atom. The molecule has 1 rings (SSSR count). The highest BCUT2D eigenvalue weighted by atomic mass is 15.0. The maximum Gasteiger partial charge on any atom is 0.238 e. The zero-order chi connectivity index (χ0) is 7.40. The maximum atomic E-state index is 3.93. The van der Waals surface area contributed by atoms with Gasteiger partial charge in [0.1, 0.15) is 0 Å². The third-order valence-corrected chi connectivity index (χ3v) is 1.25. The van der Waals surface area contributed by atoms with Gasteiger partial charge in [-0.1, -0.05) is 5.46 Å².